The Hall–Kier alpha value is -0.810. The van der Waals surface area contributed by atoms with Gasteiger partial charge in [0, 0.05) is 19.5 Å². The molecule has 1 rings (SSSR count). The molecule has 0 aromatic heterocycles. The van der Waals surface area contributed by atoms with Crippen LogP contribution in [-0.4, -0.2) is 61.1 Å². The number of nitrogens with two attached hydrogens (primary N) is 1. The number of hydrogen-bond acceptors (Lipinski definition) is 4. The Labute approximate surface area is 97.9 Å². The first-order valence-electron chi connectivity index (χ1n) is 5.95. The second kappa shape index (κ2) is 6.70. The lowest BCUT2D eigenvalue weighted by molar-refractivity contribution is 0.271. The summed E-state index contributed by atoms with van der Waals surface area (Å²) in [5.41, 5.74) is 5.42. The van der Waals surface area contributed by atoms with Crippen molar-refractivity contribution >= 4 is 5.84 Å². The number of oxime groups is 1. The molecule has 0 amide bonds. The lowest BCUT2D eigenvalue weighted by Crippen LogP contribution is -2.28. The van der Waals surface area contributed by atoms with Crippen LogP contribution in [0.2, 0.25) is 0 Å². The van der Waals surface area contributed by atoms with Crippen molar-refractivity contribution in [3.63, 3.8) is 0 Å². The Morgan fingerprint density at radius 2 is 2.38 bits per heavy atom. The average molecular weight is 228 g/mol. The molecule has 1 heterocycles. The summed E-state index contributed by atoms with van der Waals surface area (Å²) >= 11 is 0. The smallest absolute Gasteiger partial charge is 0.139 e. The van der Waals surface area contributed by atoms with Gasteiger partial charge in [0.25, 0.3) is 0 Å². The third-order valence-corrected chi connectivity index (χ3v) is 3.16. The van der Waals surface area contributed by atoms with Crippen molar-refractivity contribution in [2.24, 2.45) is 16.8 Å². The molecule has 0 saturated carbocycles. The fourth-order valence-electron chi connectivity index (χ4n) is 2.29. The van der Waals surface area contributed by atoms with E-state index in [1.165, 1.54) is 19.5 Å². The molecule has 1 aliphatic heterocycles. The highest BCUT2D eigenvalue weighted by atomic mass is 16.4. The van der Waals surface area contributed by atoms with Gasteiger partial charge < -0.3 is 20.7 Å². The minimum Gasteiger partial charge on any atom is -0.409 e. The molecular formula is C11H24N4O. The highest BCUT2D eigenvalue weighted by molar-refractivity contribution is 5.79. The summed E-state index contributed by atoms with van der Waals surface area (Å²) in [7, 11) is 4.32. The van der Waals surface area contributed by atoms with Gasteiger partial charge in [0.15, 0.2) is 0 Å². The number of rotatable bonds is 6. The van der Waals surface area contributed by atoms with Gasteiger partial charge in [-0.05, 0) is 45.9 Å². The van der Waals surface area contributed by atoms with E-state index in [9.17, 15) is 0 Å². The topological polar surface area (TPSA) is 65.1 Å². The first-order chi connectivity index (χ1) is 7.61. The van der Waals surface area contributed by atoms with E-state index in [-0.39, 0.29) is 0 Å². The summed E-state index contributed by atoms with van der Waals surface area (Å²) in [5.74, 6) is 1.13. The molecule has 1 fully saturated rings. The second-order valence-electron chi connectivity index (χ2n) is 4.87. The standard InChI is InChI=1S/C11H24N4O/c1-14(6-3-4-11(12)13-16)8-10-5-7-15(2)9-10/h10,16H,3-9H2,1-2H3,(H2,12,13). The first kappa shape index (κ1) is 13.3. The zero-order valence-corrected chi connectivity index (χ0v) is 10.4. The summed E-state index contributed by atoms with van der Waals surface area (Å²) in [6, 6.07) is 0. The minimum absolute atomic E-state index is 0.328. The molecule has 0 aliphatic carbocycles. The van der Waals surface area contributed by atoms with Crippen molar-refractivity contribution in [3.8, 4) is 0 Å². The Bertz CT molecular complexity index is 232. The highest BCUT2D eigenvalue weighted by Gasteiger charge is 2.20. The third kappa shape index (κ3) is 4.81. The molecule has 0 radical (unpaired) electrons. The zero-order chi connectivity index (χ0) is 12.0. The van der Waals surface area contributed by atoms with Gasteiger partial charge in [-0.2, -0.15) is 0 Å². The monoisotopic (exact) mass is 228 g/mol. The molecule has 0 aromatic rings. The summed E-state index contributed by atoms with van der Waals surface area (Å²) in [5, 5.41) is 11.4. The molecule has 1 saturated heterocycles. The number of likely N-dealkylation sites (tertiary alicyclic amines) is 1. The normalized spacial score (nSPS) is 23.2. The molecular weight excluding hydrogens is 204 g/mol. The summed E-state index contributed by atoms with van der Waals surface area (Å²) in [6.07, 6.45) is 2.93. The van der Waals surface area contributed by atoms with E-state index in [0.717, 1.165) is 25.4 Å². The molecule has 1 atom stereocenters. The van der Waals surface area contributed by atoms with Crippen LogP contribution in [0, 0.1) is 5.92 Å². The zero-order valence-electron chi connectivity index (χ0n) is 10.4. The lowest BCUT2D eigenvalue weighted by atomic mass is 10.1. The Morgan fingerprint density at radius 1 is 1.62 bits per heavy atom. The SMILES string of the molecule is CN(CCCC(N)=NO)CC1CCN(C)C1. The van der Waals surface area contributed by atoms with E-state index >= 15 is 0 Å². The van der Waals surface area contributed by atoms with Crippen LogP contribution in [0.4, 0.5) is 0 Å². The maximum Gasteiger partial charge on any atom is 0.139 e. The van der Waals surface area contributed by atoms with Gasteiger partial charge in [0.1, 0.15) is 5.84 Å². The number of hydrogen-bond donors (Lipinski definition) is 2. The molecule has 3 N–H and O–H groups in total. The van der Waals surface area contributed by atoms with Crippen LogP contribution in [0.15, 0.2) is 5.16 Å². The van der Waals surface area contributed by atoms with E-state index in [0.29, 0.717) is 12.3 Å². The maximum atomic E-state index is 8.40. The van der Waals surface area contributed by atoms with Gasteiger partial charge >= 0.3 is 0 Å². The van der Waals surface area contributed by atoms with Crippen LogP contribution < -0.4 is 5.73 Å². The molecule has 5 nitrogen and oxygen atoms in total. The molecule has 0 aromatic carbocycles. The number of amidine groups is 1. The van der Waals surface area contributed by atoms with Crippen LogP contribution in [0.3, 0.4) is 0 Å². The van der Waals surface area contributed by atoms with E-state index < -0.39 is 0 Å². The fourth-order valence-corrected chi connectivity index (χ4v) is 2.29. The van der Waals surface area contributed by atoms with Crippen LogP contribution in [-0.2, 0) is 0 Å². The van der Waals surface area contributed by atoms with Crippen molar-refractivity contribution in [2.45, 2.75) is 19.3 Å². The van der Waals surface area contributed by atoms with E-state index in [1.807, 2.05) is 0 Å². The van der Waals surface area contributed by atoms with Gasteiger partial charge in [-0.1, -0.05) is 5.16 Å². The minimum atomic E-state index is 0.328. The fraction of sp³-hybridized carbons (Fsp3) is 0.909. The van der Waals surface area contributed by atoms with Crippen molar-refractivity contribution in [1.29, 1.82) is 0 Å². The van der Waals surface area contributed by atoms with Crippen LogP contribution in [0.5, 0.6) is 0 Å². The van der Waals surface area contributed by atoms with E-state index in [4.69, 9.17) is 10.9 Å². The van der Waals surface area contributed by atoms with Gasteiger partial charge in [0.2, 0.25) is 0 Å². The summed E-state index contributed by atoms with van der Waals surface area (Å²) in [6.45, 7) is 4.60. The predicted molar refractivity (Wildman–Crippen MR) is 65.7 cm³/mol. The van der Waals surface area contributed by atoms with E-state index in [1.54, 1.807) is 0 Å². The van der Waals surface area contributed by atoms with Gasteiger partial charge in [-0.25, -0.2) is 0 Å². The molecule has 94 valence electrons. The van der Waals surface area contributed by atoms with E-state index in [2.05, 4.69) is 29.1 Å². The van der Waals surface area contributed by atoms with Gasteiger partial charge in [-0.15, -0.1) is 0 Å². The highest BCUT2D eigenvalue weighted by Crippen LogP contribution is 2.15. The van der Waals surface area contributed by atoms with Crippen molar-refractivity contribution in [1.82, 2.24) is 9.80 Å². The summed E-state index contributed by atoms with van der Waals surface area (Å²) in [4.78, 5) is 4.73. The lowest BCUT2D eigenvalue weighted by Gasteiger charge is -2.20. The molecule has 1 unspecified atom stereocenters. The molecule has 0 bridgehead atoms. The Kier molecular flexibility index (Phi) is 5.55. The second-order valence-corrected chi connectivity index (χ2v) is 4.87. The van der Waals surface area contributed by atoms with Crippen LogP contribution >= 0.6 is 0 Å². The maximum absolute atomic E-state index is 8.40. The third-order valence-electron chi connectivity index (χ3n) is 3.16. The first-order valence-corrected chi connectivity index (χ1v) is 5.95. The molecule has 5 heteroatoms. The van der Waals surface area contributed by atoms with Crippen molar-refractivity contribution in [2.75, 3.05) is 40.3 Å². The van der Waals surface area contributed by atoms with Crippen molar-refractivity contribution in [3.05, 3.63) is 0 Å². The quantitative estimate of drug-likeness (QED) is 0.299. The molecule has 1 aliphatic rings. The number of nitrogens with zero attached hydrogens (tertiary/aromatic N) is 3. The van der Waals surface area contributed by atoms with Gasteiger partial charge in [0.05, 0.1) is 0 Å². The average Bonchev–Trinajstić information content (AvgIpc) is 2.63. The van der Waals surface area contributed by atoms with Crippen LogP contribution in [0.1, 0.15) is 19.3 Å². The largest absolute Gasteiger partial charge is 0.409 e. The molecule has 16 heavy (non-hydrogen) atoms. The summed E-state index contributed by atoms with van der Waals surface area (Å²) < 4.78 is 0. The van der Waals surface area contributed by atoms with Crippen molar-refractivity contribution < 1.29 is 5.21 Å². The Balaban J connectivity index is 2.09. The molecule has 0 spiro atoms. The van der Waals surface area contributed by atoms with Crippen LogP contribution in [0.25, 0.3) is 0 Å². The van der Waals surface area contributed by atoms with Gasteiger partial charge in [-0.3, -0.25) is 0 Å². The Morgan fingerprint density at radius 3 is 2.94 bits per heavy atom. The predicted octanol–water partition coefficient (Wildman–Crippen LogP) is 0.397.